The lowest BCUT2D eigenvalue weighted by atomic mass is 9.81. The SMILES string of the molecule is COc1ccncc1C(=O)C1CC2COCC(C1)N2C(=O)OC(C)(C)C. The van der Waals surface area contributed by atoms with Crippen molar-refractivity contribution in [1.82, 2.24) is 9.88 Å². The van der Waals surface area contributed by atoms with Gasteiger partial charge in [0.2, 0.25) is 0 Å². The Labute approximate surface area is 153 Å². The summed E-state index contributed by atoms with van der Waals surface area (Å²) in [5, 5.41) is 0. The molecule has 2 aliphatic heterocycles. The van der Waals surface area contributed by atoms with Crippen molar-refractivity contribution in [3.63, 3.8) is 0 Å². The Morgan fingerprint density at radius 1 is 1.23 bits per heavy atom. The summed E-state index contributed by atoms with van der Waals surface area (Å²) in [5.41, 5.74) is -0.0631. The maximum atomic E-state index is 13.0. The molecule has 0 saturated carbocycles. The summed E-state index contributed by atoms with van der Waals surface area (Å²) in [5.74, 6) is 0.349. The maximum absolute atomic E-state index is 13.0. The zero-order valence-corrected chi connectivity index (χ0v) is 15.7. The van der Waals surface area contributed by atoms with Crippen molar-refractivity contribution < 1.29 is 23.8 Å². The van der Waals surface area contributed by atoms with Gasteiger partial charge in [-0.1, -0.05) is 0 Å². The molecule has 26 heavy (non-hydrogen) atoms. The lowest BCUT2D eigenvalue weighted by Crippen LogP contribution is -2.60. The summed E-state index contributed by atoms with van der Waals surface area (Å²) in [7, 11) is 1.54. The summed E-state index contributed by atoms with van der Waals surface area (Å²) < 4.78 is 16.5. The van der Waals surface area contributed by atoms with Crippen LogP contribution < -0.4 is 4.74 Å². The fourth-order valence-corrected chi connectivity index (χ4v) is 3.71. The molecule has 1 aromatic rings. The lowest BCUT2D eigenvalue weighted by Gasteiger charge is -2.47. The molecule has 0 spiro atoms. The van der Waals surface area contributed by atoms with Crippen LogP contribution in [0.25, 0.3) is 0 Å². The van der Waals surface area contributed by atoms with Crippen LogP contribution in [0.5, 0.6) is 5.75 Å². The number of ether oxygens (including phenoxy) is 3. The molecule has 2 atom stereocenters. The van der Waals surface area contributed by atoms with Gasteiger partial charge < -0.3 is 14.2 Å². The van der Waals surface area contributed by atoms with E-state index in [1.54, 1.807) is 30.5 Å². The van der Waals surface area contributed by atoms with Crippen molar-refractivity contribution in [3.05, 3.63) is 24.0 Å². The van der Waals surface area contributed by atoms with Gasteiger partial charge in [0.15, 0.2) is 5.78 Å². The Morgan fingerprint density at radius 2 is 1.88 bits per heavy atom. The molecule has 3 heterocycles. The minimum Gasteiger partial charge on any atom is -0.496 e. The van der Waals surface area contributed by atoms with Gasteiger partial charge in [-0.15, -0.1) is 0 Å². The summed E-state index contributed by atoms with van der Waals surface area (Å²) in [6, 6.07) is 1.37. The van der Waals surface area contributed by atoms with Crippen LogP contribution in [0.15, 0.2) is 18.5 Å². The van der Waals surface area contributed by atoms with Crippen LogP contribution in [-0.2, 0) is 9.47 Å². The van der Waals surface area contributed by atoms with Gasteiger partial charge in [0.05, 0.1) is 38.0 Å². The topological polar surface area (TPSA) is 78.0 Å². The summed E-state index contributed by atoms with van der Waals surface area (Å²) in [6.45, 7) is 6.39. The second-order valence-corrected chi connectivity index (χ2v) is 7.84. The highest BCUT2D eigenvalue weighted by molar-refractivity contribution is 6.00. The second-order valence-electron chi connectivity index (χ2n) is 7.84. The number of fused-ring (bicyclic) bond motifs is 2. The number of methoxy groups -OCH3 is 1. The van der Waals surface area contributed by atoms with Crippen molar-refractivity contribution >= 4 is 11.9 Å². The van der Waals surface area contributed by atoms with Gasteiger partial charge in [-0.2, -0.15) is 0 Å². The van der Waals surface area contributed by atoms with Crippen molar-refractivity contribution in [3.8, 4) is 5.75 Å². The third-order valence-electron chi connectivity index (χ3n) is 4.76. The zero-order valence-electron chi connectivity index (χ0n) is 15.7. The number of carbonyl (C=O) groups excluding carboxylic acids is 2. The number of rotatable bonds is 3. The fraction of sp³-hybridized carbons (Fsp3) is 0.632. The first kappa shape index (κ1) is 18.6. The van der Waals surface area contributed by atoms with E-state index in [0.29, 0.717) is 37.4 Å². The molecule has 2 unspecified atom stereocenters. The standard InChI is InChI=1S/C19H26N2O5/c1-19(2,3)26-18(23)21-13-7-12(8-14(21)11-25-10-13)17(22)15-9-20-6-5-16(15)24-4/h5-6,9,12-14H,7-8,10-11H2,1-4H3. The van der Waals surface area contributed by atoms with E-state index in [1.165, 1.54) is 0 Å². The number of ketones is 1. The lowest BCUT2D eigenvalue weighted by molar-refractivity contribution is -0.0861. The fourth-order valence-electron chi connectivity index (χ4n) is 3.71. The van der Waals surface area contributed by atoms with Crippen LogP contribution in [0.2, 0.25) is 0 Å². The predicted molar refractivity (Wildman–Crippen MR) is 94.3 cm³/mol. The molecule has 0 aliphatic carbocycles. The van der Waals surface area contributed by atoms with Gasteiger partial charge in [-0.3, -0.25) is 14.7 Å². The minimum atomic E-state index is -0.554. The van der Waals surface area contributed by atoms with E-state index in [0.717, 1.165) is 0 Å². The molecular weight excluding hydrogens is 336 g/mol. The minimum absolute atomic E-state index is 0.00990. The normalized spacial score (nSPS) is 25.5. The van der Waals surface area contributed by atoms with Crippen molar-refractivity contribution in [2.75, 3.05) is 20.3 Å². The third-order valence-corrected chi connectivity index (χ3v) is 4.76. The van der Waals surface area contributed by atoms with Gasteiger partial charge in [-0.25, -0.2) is 4.79 Å². The molecule has 3 rings (SSSR count). The van der Waals surface area contributed by atoms with Gasteiger partial charge in [0, 0.05) is 18.3 Å². The van der Waals surface area contributed by atoms with Gasteiger partial charge in [0.25, 0.3) is 0 Å². The molecule has 2 fully saturated rings. The number of pyridine rings is 1. The number of carbonyl (C=O) groups is 2. The maximum Gasteiger partial charge on any atom is 0.410 e. The van der Waals surface area contributed by atoms with Gasteiger partial charge >= 0.3 is 6.09 Å². The molecule has 1 amide bonds. The Bertz CT molecular complexity index is 671. The van der Waals surface area contributed by atoms with E-state index in [2.05, 4.69) is 4.98 Å². The summed E-state index contributed by atoms with van der Waals surface area (Å²) in [4.78, 5) is 31.4. The first-order valence-corrected chi connectivity index (χ1v) is 8.91. The molecule has 0 aromatic carbocycles. The molecule has 2 aliphatic rings. The molecular formula is C19H26N2O5. The van der Waals surface area contributed by atoms with Crippen LogP contribution in [-0.4, -0.2) is 59.8 Å². The van der Waals surface area contributed by atoms with Crippen LogP contribution in [0.3, 0.4) is 0 Å². The largest absolute Gasteiger partial charge is 0.496 e. The first-order chi connectivity index (χ1) is 12.3. The van der Waals surface area contributed by atoms with Crippen LogP contribution >= 0.6 is 0 Å². The Balaban J connectivity index is 1.77. The highest BCUT2D eigenvalue weighted by Crippen LogP contribution is 2.35. The van der Waals surface area contributed by atoms with E-state index >= 15 is 0 Å². The van der Waals surface area contributed by atoms with E-state index in [4.69, 9.17) is 14.2 Å². The van der Waals surface area contributed by atoms with Crippen LogP contribution in [0, 0.1) is 5.92 Å². The predicted octanol–water partition coefficient (Wildman–Crippen LogP) is 2.69. The van der Waals surface area contributed by atoms with E-state index in [1.807, 2.05) is 20.8 Å². The van der Waals surface area contributed by atoms with Gasteiger partial charge in [-0.05, 0) is 39.7 Å². The number of aromatic nitrogens is 1. The molecule has 7 heteroatoms. The average Bonchev–Trinajstić information content (AvgIpc) is 2.58. The Hall–Kier alpha value is -2.15. The first-order valence-electron chi connectivity index (χ1n) is 8.91. The molecule has 1 aromatic heterocycles. The summed E-state index contributed by atoms with van der Waals surface area (Å²) in [6.07, 6.45) is 3.91. The number of nitrogens with zero attached hydrogens (tertiary/aromatic N) is 2. The van der Waals surface area contributed by atoms with Crippen molar-refractivity contribution in [2.24, 2.45) is 5.92 Å². The van der Waals surface area contributed by atoms with E-state index < -0.39 is 5.60 Å². The molecule has 2 bridgehead atoms. The van der Waals surface area contributed by atoms with Gasteiger partial charge in [0.1, 0.15) is 11.4 Å². The number of piperidine rings is 1. The monoisotopic (exact) mass is 362 g/mol. The molecule has 7 nitrogen and oxygen atoms in total. The molecule has 142 valence electrons. The Morgan fingerprint density at radius 3 is 2.46 bits per heavy atom. The number of hydrogen-bond donors (Lipinski definition) is 0. The molecule has 0 radical (unpaired) electrons. The van der Waals surface area contributed by atoms with Crippen LogP contribution in [0.1, 0.15) is 44.0 Å². The summed E-state index contributed by atoms with van der Waals surface area (Å²) >= 11 is 0. The van der Waals surface area contributed by atoms with Crippen LogP contribution in [0.4, 0.5) is 4.79 Å². The second kappa shape index (κ2) is 7.23. The smallest absolute Gasteiger partial charge is 0.410 e. The third kappa shape index (κ3) is 3.82. The highest BCUT2D eigenvalue weighted by Gasteiger charge is 2.45. The Kier molecular flexibility index (Phi) is 5.18. The quantitative estimate of drug-likeness (QED) is 0.770. The molecule has 2 saturated heterocycles. The number of hydrogen-bond acceptors (Lipinski definition) is 6. The van der Waals surface area contributed by atoms with Crippen molar-refractivity contribution in [2.45, 2.75) is 51.3 Å². The average molecular weight is 362 g/mol. The molecule has 0 N–H and O–H groups in total. The van der Waals surface area contributed by atoms with E-state index in [9.17, 15) is 9.59 Å². The number of amides is 1. The van der Waals surface area contributed by atoms with E-state index in [-0.39, 0.29) is 29.9 Å². The van der Waals surface area contributed by atoms with Crippen molar-refractivity contribution in [1.29, 1.82) is 0 Å². The zero-order chi connectivity index (χ0) is 18.9. The number of Topliss-reactive ketones (excluding diaryl/α,β-unsaturated/α-hetero) is 1. The highest BCUT2D eigenvalue weighted by atomic mass is 16.6. The number of morpholine rings is 1.